The third-order valence-corrected chi connectivity index (χ3v) is 5.06. The van der Waals surface area contributed by atoms with E-state index in [1.54, 1.807) is 30.3 Å². The van der Waals surface area contributed by atoms with Crippen molar-refractivity contribution in [2.75, 3.05) is 4.31 Å². The monoisotopic (exact) mass is 453 g/mol. The van der Waals surface area contributed by atoms with Crippen molar-refractivity contribution in [3.05, 3.63) is 89.4 Å². The number of hydrogen-bond donors (Lipinski definition) is 2. The molecule has 31 heavy (non-hydrogen) atoms. The first-order chi connectivity index (χ1) is 15.0. The van der Waals surface area contributed by atoms with Crippen molar-refractivity contribution in [2.24, 2.45) is 0 Å². The summed E-state index contributed by atoms with van der Waals surface area (Å²) in [5, 5.41) is 2.91. The summed E-state index contributed by atoms with van der Waals surface area (Å²) in [5.74, 6) is -0.244. The predicted molar refractivity (Wildman–Crippen MR) is 121 cm³/mol. The van der Waals surface area contributed by atoms with Gasteiger partial charge in [0.15, 0.2) is 5.76 Å². The van der Waals surface area contributed by atoms with Gasteiger partial charge >= 0.3 is 6.03 Å². The van der Waals surface area contributed by atoms with Crippen LogP contribution in [0, 0.1) is 0 Å². The van der Waals surface area contributed by atoms with E-state index in [0.29, 0.717) is 29.0 Å². The molecule has 0 bridgehead atoms. The van der Waals surface area contributed by atoms with Crippen LogP contribution in [0.2, 0.25) is 5.15 Å². The molecule has 0 spiro atoms. The molecule has 0 radical (unpaired) electrons. The van der Waals surface area contributed by atoms with E-state index in [0.717, 1.165) is 9.87 Å². The number of pyridine rings is 1. The molecule has 2 aromatic carbocycles. The molecule has 4 rings (SSSR count). The number of amides is 3. The van der Waals surface area contributed by atoms with E-state index < -0.39 is 11.9 Å². The number of nitrogens with one attached hydrogen (secondary N) is 1. The van der Waals surface area contributed by atoms with Crippen LogP contribution in [0.1, 0.15) is 16.1 Å². The summed E-state index contributed by atoms with van der Waals surface area (Å²) in [6.45, 7) is 0.380. The second kappa shape index (κ2) is 9.11. The Balaban J connectivity index is 1.42. The highest BCUT2D eigenvalue weighted by Crippen LogP contribution is 2.26. The van der Waals surface area contributed by atoms with Gasteiger partial charge in [-0.25, -0.2) is 14.1 Å². The third-order valence-electron chi connectivity index (χ3n) is 4.34. The van der Waals surface area contributed by atoms with Crippen LogP contribution in [0.15, 0.2) is 77.3 Å². The standard InChI is InChI=1S/C22H16ClN3O4S/c23-20-17-12-19(30-18(17)9-10-24-20)21(27)25-22(28)26(31)15-7-4-8-16(11-15)29-13-14-5-2-1-3-6-14/h1-12,31H,13H2,(H,25,27,28). The molecule has 0 aliphatic rings. The highest BCUT2D eigenvalue weighted by Gasteiger charge is 2.20. The largest absolute Gasteiger partial charge is 0.489 e. The summed E-state index contributed by atoms with van der Waals surface area (Å²) in [4.78, 5) is 28.8. The molecule has 0 atom stereocenters. The lowest BCUT2D eigenvalue weighted by atomic mass is 10.2. The number of ether oxygens (including phenoxy) is 1. The molecule has 156 valence electrons. The number of thiol groups is 1. The number of imide groups is 1. The number of anilines is 1. The quantitative estimate of drug-likeness (QED) is 0.318. The van der Waals surface area contributed by atoms with Crippen molar-refractivity contribution in [3.63, 3.8) is 0 Å². The van der Waals surface area contributed by atoms with Crippen LogP contribution in [0.25, 0.3) is 11.0 Å². The molecule has 9 heteroatoms. The van der Waals surface area contributed by atoms with Crippen LogP contribution in [0.5, 0.6) is 5.75 Å². The van der Waals surface area contributed by atoms with Gasteiger partial charge in [0.2, 0.25) is 0 Å². The Hall–Kier alpha value is -3.49. The number of furan rings is 1. The summed E-state index contributed by atoms with van der Waals surface area (Å²) in [6, 6.07) is 18.7. The van der Waals surface area contributed by atoms with Crippen molar-refractivity contribution in [1.29, 1.82) is 0 Å². The average Bonchev–Trinajstić information content (AvgIpc) is 3.24. The van der Waals surface area contributed by atoms with Gasteiger partial charge in [-0.05, 0) is 23.8 Å². The molecule has 3 amide bonds. The predicted octanol–water partition coefficient (Wildman–Crippen LogP) is 5.26. The van der Waals surface area contributed by atoms with E-state index in [9.17, 15) is 9.59 Å². The fraction of sp³-hybridized carbons (Fsp3) is 0.0455. The zero-order valence-electron chi connectivity index (χ0n) is 16.0. The first kappa shape index (κ1) is 20.8. The molecule has 0 saturated heterocycles. The van der Waals surface area contributed by atoms with Crippen molar-refractivity contribution >= 4 is 53.0 Å². The number of halogens is 1. The van der Waals surface area contributed by atoms with Gasteiger partial charge in [0.1, 0.15) is 23.1 Å². The summed E-state index contributed by atoms with van der Waals surface area (Å²) in [6.07, 6.45) is 1.46. The SMILES string of the molecule is O=C(NC(=O)N(S)c1cccc(OCc2ccccc2)c1)c1cc2c(Cl)nccc2o1. The number of hydrogen-bond acceptors (Lipinski definition) is 6. The lowest BCUT2D eigenvalue weighted by Gasteiger charge is -2.16. The van der Waals surface area contributed by atoms with Crippen LogP contribution in [-0.4, -0.2) is 16.9 Å². The molecule has 4 aromatic rings. The van der Waals surface area contributed by atoms with E-state index in [1.807, 2.05) is 30.3 Å². The van der Waals surface area contributed by atoms with Gasteiger partial charge in [0.25, 0.3) is 5.91 Å². The fourth-order valence-corrected chi connectivity index (χ4v) is 3.20. The highest BCUT2D eigenvalue weighted by atomic mass is 35.5. The Morgan fingerprint density at radius 3 is 2.68 bits per heavy atom. The number of fused-ring (bicyclic) bond motifs is 1. The Kier molecular flexibility index (Phi) is 6.11. The van der Waals surface area contributed by atoms with Crippen molar-refractivity contribution in [2.45, 2.75) is 6.61 Å². The highest BCUT2D eigenvalue weighted by molar-refractivity contribution is 7.82. The molecule has 0 aliphatic carbocycles. The van der Waals surface area contributed by atoms with Crippen LogP contribution in [0.4, 0.5) is 10.5 Å². The molecule has 0 saturated carbocycles. The minimum Gasteiger partial charge on any atom is -0.489 e. The minimum absolute atomic E-state index is 0.0695. The molecule has 2 heterocycles. The maximum atomic E-state index is 12.5. The van der Waals surface area contributed by atoms with Crippen molar-refractivity contribution in [1.82, 2.24) is 10.3 Å². The van der Waals surface area contributed by atoms with Gasteiger partial charge in [0, 0.05) is 18.3 Å². The lowest BCUT2D eigenvalue weighted by molar-refractivity contribution is 0.0941. The third kappa shape index (κ3) is 4.82. The fourth-order valence-electron chi connectivity index (χ4n) is 2.82. The van der Waals surface area contributed by atoms with E-state index in [1.165, 1.54) is 12.3 Å². The molecule has 7 nitrogen and oxygen atoms in total. The first-order valence-electron chi connectivity index (χ1n) is 9.16. The molecular weight excluding hydrogens is 438 g/mol. The smallest absolute Gasteiger partial charge is 0.338 e. The summed E-state index contributed by atoms with van der Waals surface area (Å²) in [5.41, 5.74) is 1.83. The van der Waals surface area contributed by atoms with E-state index in [2.05, 4.69) is 23.1 Å². The Morgan fingerprint density at radius 2 is 1.90 bits per heavy atom. The maximum absolute atomic E-state index is 12.5. The zero-order chi connectivity index (χ0) is 21.8. The van der Waals surface area contributed by atoms with E-state index in [4.69, 9.17) is 20.8 Å². The molecule has 1 N–H and O–H groups in total. The normalized spacial score (nSPS) is 10.6. The Morgan fingerprint density at radius 1 is 1.10 bits per heavy atom. The molecule has 0 fully saturated rings. The van der Waals surface area contributed by atoms with Gasteiger partial charge in [-0.1, -0.05) is 60.8 Å². The van der Waals surface area contributed by atoms with E-state index >= 15 is 0 Å². The number of rotatable bonds is 5. The number of aromatic nitrogens is 1. The zero-order valence-corrected chi connectivity index (χ0v) is 17.6. The maximum Gasteiger partial charge on any atom is 0.338 e. The van der Waals surface area contributed by atoms with Crippen LogP contribution >= 0.6 is 24.4 Å². The number of nitrogens with zero attached hydrogens (tertiary/aromatic N) is 2. The average molecular weight is 454 g/mol. The molecule has 0 unspecified atom stereocenters. The van der Waals surface area contributed by atoms with Gasteiger partial charge < -0.3 is 9.15 Å². The van der Waals surface area contributed by atoms with Crippen molar-refractivity contribution in [3.8, 4) is 5.75 Å². The number of carbonyl (C=O) groups is 2. The Bertz CT molecular complexity index is 1250. The Labute approximate surface area is 188 Å². The van der Waals surface area contributed by atoms with Gasteiger partial charge in [-0.2, -0.15) is 0 Å². The number of urea groups is 1. The molecule has 2 aromatic heterocycles. The summed E-state index contributed by atoms with van der Waals surface area (Å²) >= 11 is 10.2. The van der Waals surface area contributed by atoms with Crippen LogP contribution in [-0.2, 0) is 6.61 Å². The second-order valence-electron chi connectivity index (χ2n) is 6.47. The number of benzene rings is 2. The van der Waals surface area contributed by atoms with Crippen LogP contribution < -0.4 is 14.4 Å². The van der Waals surface area contributed by atoms with Gasteiger partial charge in [0.05, 0.1) is 11.1 Å². The lowest BCUT2D eigenvalue weighted by Crippen LogP contribution is -2.38. The second-order valence-corrected chi connectivity index (χ2v) is 7.22. The topological polar surface area (TPSA) is 84.7 Å². The van der Waals surface area contributed by atoms with Crippen LogP contribution in [0.3, 0.4) is 0 Å². The molecule has 0 aliphatic heterocycles. The molecular formula is C22H16ClN3O4S. The minimum atomic E-state index is -0.752. The number of carbonyl (C=O) groups excluding carboxylic acids is 2. The van der Waals surface area contributed by atoms with Gasteiger partial charge in [-0.3, -0.25) is 10.1 Å². The van der Waals surface area contributed by atoms with E-state index in [-0.39, 0.29) is 10.9 Å². The summed E-state index contributed by atoms with van der Waals surface area (Å²) in [7, 11) is 0. The summed E-state index contributed by atoms with van der Waals surface area (Å²) < 4.78 is 12.2. The van der Waals surface area contributed by atoms with Crippen molar-refractivity contribution < 1.29 is 18.7 Å². The first-order valence-corrected chi connectivity index (χ1v) is 9.94. The van der Waals surface area contributed by atoms with Gasteiger partial charge in [-0.15, -0.1) is 0 Å².